The van der Waals surface area contributed by atoms with E-state index in [4.69, 9.17) is 4.74 Å². The van der Waals surface area contributed by atoms with Crippen molar-refractivity contribution >= 4 is 12.6 Å². The zero-order valence-electron chi connectivity index (χ0n) is 5.01. The first-order valence-corrected chi connectivity index (χ1v) is 2.94. The summed E-state index contributed by atoms with van der Waals surface area (Å²) < 4.78 is 4.85. The quantitative estimate of drug-likeness (QED) is 0.580. The van der Waals surface area contributed by atoms with E-state index in [2.05, 4.69) is 24.8 Å². The number of hydrogen-bond acceptors (Lipinski definition) is 2. The van der Waals surface area contributed by atoms with Crippen LogP contribution < -0.4 is 4.74 Å². The summed E-state index contributed by atoms with van der Waals surface area (Å²) in [7, 11) is 1.60. The molecule has 1 aromatic rings. The Morgan fingerprint density at radius 1 is 1.44 bits per heavy atom. The molecule has 0 unspecified atom stereocenters. The van der Waals surface area contributed by atoms with E-state index in [9.17, 15) is 0 Å². The molecular formula is C7H6OS. The van der Waals surface area contributed by atoms with E-state index in [1.165, 1.54) is 0 Å². The van der Waals surface area contributed by atoms with E-state index in [0.29, 0.717) is 5.75 Å². The predicted molar refractivity (Wildman–Crippen MR) is 37.9 cm³/mol. The van der Waals surface area contributed by atoms with Crippen LogP contribution >= 0.6 is 12.6 Å². The maximum Gasteiger partial charge on any atom is 0.169 e. The monoisotopic (exact) mass is 138 g/mol. The third kappa shape index (κ3) is 1.55. The van der Waals surface area contributed by atoms with Gasteiger partial charge in [0.05, 0.1) is 12.0 Å². The van der Waals surface area contributed by atoms with Crippen LogP contribution in [-0.2, 0) is 0 Å². The van der Waals surface area contributed by atoms with Gasteiger partial charge in [0.25, 0.3) is 0 Å². The zero-order valence-corrected chi connectivity index (χ0v) is 5.90. The van der Waals surface area contributed by atoms with Gasteiger partial charge in [0.2, 0.25) is 0 Å². The third-order valence-electron chi connectivity index (χ3n) is 0.926. The van der Waals surface area contributed by atoms with Gasteiger partial charge in [-0.1, -0.05) is 6.07 Å². The summed E-state index contributed by atoms with van der Waals surface area (Å²) >= 11 is 4.03. The Labute approximate surface area is 60.1 Å². The van der Waals surface area contributed by atoms with Gasteiger partial charge in [0.15, 0.2) is 5.75 Å². The molecule has 0 saturated carbocycles. The van der Waals surface area contributed by atoms with E-state index in [1.807, 2.05) is 0 Å². The predicted octanol–water partition coefficient (Wildman–Crippen LogP) is 1.58. The second-order valence-corrected chi connectivity index (χ2v) is 2.02. The van der Waals surface area contributed by atoms with Crippen LogP contribution in [0.1, 0.15) is 0 Å². The number of thiol groups is 1. The van der Waals surface area contributed by atoms with Crippen molar-refractivity contribution < 1.29 is 4.74 Å². The molecule has 1 aromatic carbocycles. The molecule has 0 bridgehead atoms. The first kappa shape index (κ1) is 6.31. The summed E-state index contributed by atoms with van der Waals surface area (Å²) in [5, 5.41) is 0. The van der Waals surface area contributed by atoms with Gasteiger partial charge in [-0.3, -0.25) is 0 Å². The molecule has 2 heteroatoms. The molecule has 0 aromatic heterocycles. The molecule has 1 rings (SSSR count). The molecule has 0 fully saturated rings. The Morgan fingerprint density at radius 3 is 2.67 bits per heavy atom. The van der Waals surface area contributed by atoms with E-state index >= 15 is 0 Å². The lowest BCUT2D eigenvalue weighted by atomic mass is 10.4. The second kappa shape index (κ2) is 2.65. The highest BCUT2D eigenvalue weighted by atomic mass is 32.1. The van der Waals surface area contributed by atoms with E-state index in [0.717, 1.165) is 4.90 Å². The maximum absolute atomic E-state index is 4.85. The van der Waals surface area contributed by atoms with E-state index in [1.54, 1.807) is 19.2 Å². The molecule has 0 saturated heterocycles. The lowest BCUT2D eigenvalue weighted by Crippen LogP contribution is -1.78. The van der Waals surface area contributed by atoms with Gasteiger partial charge in [-0.15, -0.1) is 12.6 Å². The Morgan fingerprint density at radius 2 is 2.22 bits per heavy atom. The standard InChI is InChI=1S/C7H6OS/c1-8-6-2-4-7(9)5-3-6/h2,4,9H,1H3. The average molecular weight is 138 g/mol. The second-order valence-electron chi connectivity index (χ2n) is 1.54. The fourth-order valence-electron chi connectivity index (χ4n) is 0.483. The minimum Gasteiger partial charge on any atom is -0.489 e. The lowest BCUT2D eigenvalue weighted by molar-refractivity contribution is 0.415. The van der Waals surface area contributed by atoms with Crippen molar-refractivity contribution in [3.8, 4) is 5.75 Å². The smallest absolute Gasteiger partial charge is 0.169 e. The normalized spacial score (nSPS) is 8.22. The summed E-state index contributed by atoms with van der Waals surface area (Å²) in [5.74, 6) is 0.688. The molecule has 0 radical (unpaired) electrons. The van der Waals surface area contributed by atoms with Crippen molar-refractivity contribution in [1.29, 1.82) is 0 Å². The zero-order chi connectivity index (χ0) is 6.69. The van der Waals surface area contributed by atoms with Gasteiger partial charge in [-0.05, 0) is 18.2 Å². The SMILES string of the molecule is COc1c#cc(S)cc1. The van der Waals surface area contributed by atoms with Crippen molar-refractivity contribution in [2.24, 2.45) is 0 Å². The molecule has 1 nitrogen and oxygen atoms in total. The molecule has 0 amide bonds. The van der Waals surface area contributed by atoms with Crippen LogP contribution in [0, 0.1) is 12.1 Å². The highest BCUT2D eigenvalue weighted by molar-refractivity contribution is 7.80. The van der Waals surface area contributed by atoms with Crippen LogP contribution in [0.4, 0.5) is 0 Å². The number of methoxy groups -OCH3 is 1. The maximum atomic E-state index is 4.85. The summed E-state index contributed by atoms with van der Waals surface area (Å²) in [6.45, 7) is 0. The van der Waals surface area contributed by atoms with Crippen molar-refractivity contribution in [3.63, 3.8) is 0 Å². The first-order chi connectivity index (χ1) is 4.33. The van der Waals surface area contributed by atoms with E-state index < -0.39 is 0 Å². The largest absolute Gasteiger partial charge is 0.489 e. The van der Waals surface area contributed by atoms with Gasteiger partial charge in [0.1, 0.15) is 0 Å². The van der Waals surface area contributed by atoms with Crippen molar-refractivity contribution in [1.82, 2.24) is 0 Å². The van der Waals surface area contributed by atoms with Crippen molar-refractivity contribution in [2.75, 3.05) is 7.11 Å². The van der Waals surface area contributed by atoms with E-state index in [-0.39, 0.29) is 0 Å². The molecular weight excluding hydrogens is 132 g/mol. The number of hydrogen-bond donors (Lipinski definition) is 1. The van der Waals surface area contributed by atoms with Crippen LogP contribution in [0.2, 0.25) is 0 Å². The molecule has 0 aliphatic rings. The minimum absolute atomic E-state index is 0.688. The Hall–Kier alpha value is -0.810. The summed E-state index contributed by atoms with van der Waals surface area (Å²) in [4.78, 5) is 0.774. The summed E-state index contributed by atoms with van der Waals surface area (Å²) in [6, 6.07) is 9.12. The van der Waals surface area contributed by atoms with Gasteiger partial charge in [0, 0.05) is 0 Å². The first-order valence-electron chi connectivity index (χ1n) is 2.50. The van der Waals surface area contributed by atoms with Gasteiger partial charge in [-0.2, -0.15) is 0 Å². The van der Waals surface area contributed by atoms with Gasteiger partial charge in [-0.25, -0.2) is 0 Å². The summed E-state index contributed by atoms with van der Waals surface area (Å²) in [5.41, 5.74) is 0. The highest BCUT2D eigenvalue weighted by Gasteiger charge is 1.83. The van der Waals surface area contributed by atoms with Crippen molar-refractivity contribution in [2.45, 2.75) is 4.90 Å². The Kier molecular flexibility index (Phi) is 1.86. The van der Waals surface area contributed by atoms with Crippen LogP contribution in [0.25, 0.3) is 0 Å². The Bertz CT molecular complexity index is 181. The van der Waals surface area contributed by atoms with Crippen LogP contribution in [0.15, 0.2) is 17.0 Å². The highest BCUT2D eigenvalue weighted by Crippen LogP contribution is 2.07. The Balaban J connectivity index is 2.88. The third-order valence-corrected chi connectivity index (χ3v) is 1.19. The van der Waals surface area contributed by atoms with Crippen LogP contribution in [0.3, 0.4) is 0 Å². The molecule has 0 spiro atoms. The fourth-order valence-corrected chi connectivity index (χ4v) is 0.613. The molecule has 0 aliphatic carbocycles. The number of rotatable bonds is 1. The average Bonchev–Trinajstić information content (AvgIpc) is 1.90. The molecule has 0 aliphatic heterocycles. The van der Waals surface area contributed by atoms with Crippen LogP contribution in [0.5, 0.6) is 5.75 Å². The molecule has 0 atom stereocenters. The van der Waals surface area contributed by atoms with Gasteiger partial charge >= 0.3 is 0 Å². The fraction of sp³-hybridized carbons (Fsp3) is 0.143. The minimum atomic E-state index is 0.688. The van der Waals surface area contributed by atoms with Crippen molar-refractivity contribution in [3.05, 3.63) is 24.3 Å². The number of ether oxygens (including phenoxy) is 1. The van der Waals surface area contributed by atoms with Gasteiger partial charge < -0.3 is 4.74 Å². The summed E-state index contributed by atoms with van der Waals surface area (Å²) in [6.07, 6.45) is 0. The lowest BCUT2D eigenvalue weighted by Gasteiger charge is -1.91. The molecule has 46 valence electrons. The molecule has 9 heavy (non-hydrogen) atoms. The molecule has 0 N–H and O–H groups in total. The molecule has 0 heterocycles. The topological polar surface area (TPSA) is 9.23 Å². The van der Waals surface area contributed by atoms with Crippen LogP contribution in [-0.4, -0.2) is 7.11 Å².